The molecule has 1 aromatic rings. The fourth-order valence-electron chi connectivity index (χ4n) is 5.19. The van der Waals surface area contributed by atoms with E-state index >= 15 is 0 Å². The molecule has 3 nitrogen and oxygen atoms in total. The molecule has 2 bridgehead atoms. The van der Waals surface area contributed by atoms with Crippen LogP contribution in [0.2, 0.25) is 0 Å². The van der Waals surface area contributed by atoms with Crippen molar-refractivity contribution in [2.45, 2.75) is 43.9 Å². The standard InChI is InChI=1S/C20H27NO2/c22-19(23-13-12-21-10-4-5-11-21)20(17-6-2-1-3-7-17)15-16-8-9-18(20)14-16/h1-3,6-7,16,18H,4-5,8-15H2. The Labute approximate surface area is 139 Å². The molecule has 2 saturated carbocycles. The van der Waals surface area contributed by atoms with E-state index in [4.69, 9.17) is 4.74 Å². The van der Waals surface area contributed by atoms with E-state index in [0.29, 0.717) is 18.4 Å². The number of hydrogen-bond donors (Lipinski definition) is 0. The van der Waals surface area contributed by atoms with Gasteiger partial charge in [-0.3, -0.25) is 9.69 Å². The van der Waals surface area contributed by atoms with Gasteiger partial charge >= 0.3 is 5.97 Å². The molecule has 0 N–H and O–H groups in total. The van der Waals surface area contributed by atoms with Gasteiger partial charge in [-0.15, -0.1) is 0 Å². The Hall–Kier alpha value is -1.35. The quantitative estimate of drug-likeness (QED) is 0.781. The van der Waals surface area contributed by atoms with Gasteiger partial charge in [0, 0.05) is 6.54 Å². The first kappa shape index (κ1) is 15.2. The lowest BCUT2D eigenvalue weighted by molar-refractivity contribution is -0.153. The number of carbonyl (C=O) groups is 1. The molecule has 3 heteroatoms. The Morgan fingerprint density at radius 3 is 2.61 bits per heavy atom. The van der Waals surface area contributed by atoms with E-state index in [1.807, 2.05) is 6.07 Å². The highest BCUT2D eigenvalue weighted by Crippen LogP contribution is 2.57. The number of benzene rings is 1. The minimum absolute atomic E-state index is 0.0371. The second-order valence-corrected chi connectivity index (χ2v) is 7.60. The maximum Gasteiger partial charge on any atom is 0.316 e. The summed E-state index contributed by atoms with van der Waals surface area (Å²) in [5.74, 6) is 1.23. The van der Waals surface area contributed by atoms with Gasteiger partial charge in [-0.1, -0.05) is 36.8 Å². The van der Waals surface area contributed by atoms with Crippen molar-refractivity contribution in [2.24, 2.45) is 11.8 Å². The molecule has 1 saturated heterocycles. The Bertz CT molecular complexity index is 552. The van der Waals surface area contributed by atoms with Crippen LogP contribution in [0.25, 0.3) is 0 Å². The largest absolute Gasteiger partial charge is 0.464 e. The molecule has 1 aliphatic heterocycles. The molecule has 3 atom stereocenters. The highest BCUT2D eigenvalue weighted by Gasteiger charge is 2.57. The van der Waals surface area contributed by atoms with Crippen LogP contribution >= 0.6 is 0 Å². The maximum absolute atomic E-state index is 13.1. The predicted octanol–water partition coefficient (Wildman–Crippen LogP) is 3.38. The van der Waals surface area contributed by atoms with E-state index in [1.165, 1.54) is 37.7 Å². The molecule has 23 heavy (non-hydrogen) atoms. The molecule has 0 spiro atoms. The van der Waals surface area contributed by atoms with Crippen LogP contribution in [0.5, 0.6) is 0 Å². The SMILES string of the molecule is O=C(OCCN1CCCC1)C1(c2ccccc2)CC2CCC1C2. The molecule has 1 heterocycles. The number of carbonyl (C=O) groups excluding carboxylic acids is 1. The van der Waals surface area contributed by atoms with E-state index in [9.17, 15) is 4.79 Å². The molecule has 0 radical (unpaired) electrons. The van der Waals surface area contributed by atoms with Crippen molar-refractivity contribution in [2.75, 3.05) is 26.2 Å². The van der Waals surface area contributed by atoms with E-state index in [2.05, 4.69) is 29.2 Å². The van der Waals surface area contributed by atoms with Crippen LogP contribution in [0.3, 0.4) is 0 Å². The van der Waals surface area contributed by atoms with Crippen molar-refractivity contribution in [1.29, 1.82) is 0 Å². The van der Waals surface area contributed by atoms with Gasteiger partial charge in [0.1, 0.15) is 6.61 Å². The number of esters is 1. The first-order chi connectivity index (χ1) is 11.3. The summed E-state index contributed by atoms with van der Waals surface area (Å²) < 4.78 is 5.82. The highest BCUT2D eigenvalue weighted by molar-refractivity contribution is 5.84. The Morgan fingerprint density at radius 2 is 1.96 bits per heavy atom. The van der Waals surface area contributed by atoms with Crippen LogP contribution in [-0.2, 0) is 14.9 Å². The average molecular weight is 313 g/mol. The summed E-state index contributed by atoms with van der Waals surface area (Å²) >= 11 is 0. The zero-order valence-corrected chi connectivity index (χ0v) is 13.9. The third kappa shape index (κ3) is 2.69. The van der Waals surface area contributed by atoms with E-state index in [-0.39, 0.29) is 11.4 Å². The smallest absolute Gasteiger partial charge is 0.316 e. The van der Waals surface area contributed by atoms with Crippen LogP contribution in [0, 0.1) is 11.8 Å². The molecule has 3 aliphatic rings. The normalized spacial score (nSPS) is 33.2. The van der Waals surface area contributed by atoms with Crippen LogP contribution in [-0.4, -0.2) is 37.1 Å². The maximum atomic E-state index is 13.1. The summed E-state index contributed by atoms with van der Waals surface area (Å²) in [6.07, 6.45) is 7.23. The fourth-order valence-corrected chi connectivity index (χ4v) is 5.19. The number of nitrogens with zero attached hydrogens (tertiary/aromatic N) is 1. The zero-order valence-electron chi connectivity index (χ0n) is 13.9. The minimum Gasteiger partial charge on any atom is -0.464 e. The number of fused-ring (bicyclic) bond motifs is 2. The van der Waals surface area contributed by atoms with Crippen LogP contribution in [0.15, 0.2) is 30.3 Å². The summed E-state index contributed by atoms with van der Waals surface area (Å²) in [7, 11) is 0. The lowest BCUT2D eigenvalue weighted by Crippen LogP contribution is -2.43. The third-order valence-electron chi connectivity index (χ3n) is 6.34. The second kappa shape index (κ2) is 6.27. The molecule has 0 amide bonds. The van der Waals surface area contributed by atoms with Crippen LogP contribution in [0.4, 0.5) is 0 Å². The first-order valence-corrected chi connectivity index (χ1v) is 9.24. The van der Waals surface area contributed by atoms with Gasteiger partial charge in [-0.25, -0.2) is 0 Å². The lowest BCUT2D eigenvalue weighted by Gasteiger charge is -2.36. The number of rotatable bonds is 5. The molecule has 3 unspecified atom stereocenters. The van der Waals surface area contributed by atoms with Gasteiger partial charge in [0.05, 0.1) is 5.41 Å². The van der Waals surface area contributed by atoms with E-state index in [1.54, 1.807) is 0 Å². The number of hydrogen-bond acceptors (Lipinski definition) is 3. The molecular weight excluding hydrogens is 286 g/mol. The molecule has 4 rings (SSSR count). The summed E-state index contributed by atoms with van der Waals surface area (Å²) in [5, 5.41) is 0. The van der Waals surface area contributed by atoms with E-state index in [0.717, 1.165) is 26.1 Å². The minimum atomic E-state index is -0.366. The molecule has 124 valence electrons. The van der Waals surface area contributed by atoms with Gasteiger partial charge in [0.15, 0.2) is 0 Å². The predicted molar refractivity (Wildman–Crippen MR) is 90.2 cm³/mol. The van der Waals surface area contributed by atoms with Gasteiger partial charge in [0.25, 0.3) is 0 Å². The molecule has 2 aliphatic carbocycles. The fraction of sp³-hybridized carbons (Fsp3) is 0.650. The van der Waals surface area contributed by atoms with Gasteiger partial charge < -0.3 is 4.74 Å². The van der Waals surface area contributed by atoms with Crippen molar-refractivity contribution in [1.82, 2.24) is 4.90 Å². The van der Waals surface area contributed by atoms with Gasteiger partial charge in [-0.05, 0) is 62.6 Å². The van der Waals surface area contributed by atoms with Crippen molar-refractivity contribution in [3.8, 4) is 0 Å². The molecule has 0 aromatic heterocycles. The summed E-state index contributed by atoms with van der Waals surface area (Å²) in [6, 6.07) is 10.4. The number of likely N-dealkylation sites (tertiary alicyclic amines) is 1. The van der Waals surface area contributed by atoms with Crippen molar-refractivity contribution >= 4 is 5.97 Å². The molecular formula is C20H27NO2. The monoisotopic (exact) mass is 313 g/mol. The van der Waals surface area contributed by atoms with Gasteiger partial charge in [0.2, 0.25) is 0 Å². The highest BCUT2D eigenvalue weighted by atomic mass is 16.5. The van der Waals surface area contributed by atoms with Crippen molar-refractivity contribution in [3.63, 3.8) is 0 Å². The summed E-state index contributed by atoms with van der Waals surface area (Å²) in [5.41, 5.74) is 0.813. The Morgan fingerprint density at radius 1 is 1.17 bits per heavy atom. The Balaban J connectivity index is 1.48. The Kier molecular flexibility index (Phi) is 4.14. The van der Waals surface area contributed by atoms with Crippen molar-refractivity contribution < 1.29 is 9.53 Å². The molecule has 3 fully saturated rings. The summed E-state index contributed by atoms with van der Waals surface area (Å²) in [4.78, 5) is 15.5. The van der Waals surface area contributed by atoms with Crippen molar-refractivity contribution in [3.05, 3.63) is 35.9 Å². The lowest BCUT2D eigenvalue weighted by atomic mass is 9.68. The third-order valence-corrected chi connectivity index (χ3v) is 6.34. The summed E-state index contributed by atoms with van der Waals surface area (Å²) in [6.45, 7) is 3.76. The van der Waals surface area contributed by atoms with Crippen LogP contribution in [0.1, 0.15) is 44.1 Å². The topological polar surface area (TPSA) is 29.5 Å². The molecule has 1 aromatic carbocycles. The first-order valence-electron chi connectivity index (χ1n) is 9.24. The zero-order chi connectivity index (χ0) is 15.7. The van der Waals surface area contributed by atoms with Gasteiger partial charge in [-0.2, -0.15) is 0 Å². The van der Waals surface area contributed by atoms with Crippen LogP contribution < -0.4 is 0 Å². The van der Waals surface area contributed by atoms with E-state index < -0.39 is 0 Å². The number of ether oxygens (including phenoxy) is 1. The second-order valence-electron chi connectivity index (χ2n) is 7.60. The average Bonchev–Trinajstić information content (AvgIpc) is 3.32.